The van der Waals surface area contributed by atoms with Crippen molar-refractivity contribution < 1.29 is 33.0 Å². The Hall–Kier alpha value is -3.42. The van der Waals surface area contributed by atoms with Crippen LogP contribution in [0.3, 0.4) is 0 Å². The highest BCUT2D eigenvalue weighted by molar-refractivity contribution is 5.95. The van der Waals surface area contributed by atoms with Gasteiger partial charge < -0.3 is 19.9 Å². The number of rotatable bonds is 8. The van der Waals surface area contributed by atoms with Crippen LogP contribution in [0.15, 0.2) is 42.5 Å². The van der Waals surface area contributed by atoms with E-state index in [1.807, 2.05) is 0 Å². The molecule has 1 fully saturated rings. The minimum absolute atomic E-state index is 0.0557. The molecule has 8 heteroatoms. The zero-order valence-electron chi connectivity index (χ0n) is 17.7. The maximum absolute atomic E-state index is 13.3. The highest BCUT2D eigenvalue weighted by Crippen LogP contribution is 2.30. The molecule has 1 saturated carbocycles. The van der Waals surface area contributed by atoms with E-state index in [0.717, 1.165) is 25.3 Å². The average molecular weight is 445 g/mol. The van der Waals surface area contributed by atoms with Crippen molar-refractivity contribution in [3.05, 3.63) is 65.2 Å². The van der Waals surface area contributed by atoms with Gasteiger partial charge in [0.25, 0.3) is 0 Å². The van der Waals surface area contributed by atoms with Gasteiger partial charge in [-0.05, 0) is 54.3 Å². The summed E-state index contributed by atoms with van der Waals surface area (Å²) in [4.78, 5) is 24.0. The van der Waals surface area contributed by atoms with Crippen molar-refractivity contribution in [1.29, 1.82) is 0 Å². The second-order valence-electron chi connectivity index (χ2n) is 7.75. The number of aliphatic carboxylic acids is 1. The molecule has 32 heavy (non-hydrogen) atoms. The van der Waals surface area contributed by atoms with Gasteiger partial charge >= 0.3 is 5.97 Å². The van der Waals surface area contributed by atoms with Crippen molar-refractivity contribution in [3.63, 3.8) is 0 Å². The van der Waals surface area contributed by atoms with Crippen molar-refractivity contribution >= 4 is 18.0 Å². The van der Waals surface area contributed by atoms with Crippen molar-refractivity contribution in [2.45, 2.75) is 44.2 Å². The molecule has 6 nitrogen and oxygen atoms in total. The van der Waals surface area contributed by atoms with Crippen LogP contribution in [0.2, 0.25) is 0 Å². The molecular formula is C24H25F2NO5. The van der Waals surface area contributed by atoms with Gasteiger partial charge in [-0.25, -0.2) is 13.6 Å². The average Bonchev–Trinajstić information content (AvgIpc) is 2.76. The Balaban J connectivity index is 1.66. The zero-order chi connectivity index (χ0) is 23.1. The number of halogens is 2. The quantitative estimate of drug-likeness (QED) is 0.586. The molecule has 2 aromatic carbocycles. The molecule has 1 aliphatic rings. The van der Waals surface area contributed by atoms with Crippen LogP contribution in [0.25, 0.3) is 6.08 Å². The van der Waals surface area contributed by atoms with Crippen molar-refractivity contribution in [3.8, 4) is 11.5 Å². The van der Waals surface area contributed by atoms with E-state index in [9.17, 15) is 23.5 Å². The number of carboxylic acid groups (broad SMARTS) is 1. The summed E-state index contributed by atoms with van der Waals surface area (Å²) < 4.78 is 37.6. The molecule has 0 aromatic heterocycles. The van der Waals surface area contributed by atoms with Crippen LogP contribution >= 0.6 is 0 Å². The molecule has 0 saturated heterocycles. The largest absolute Gasteiger partial charge is 0.493 e. The zero-order valence-corrected chi connectivity index (χ0v) is 17.7. The monoisotopic (exact) mass is 445 g/mol. The standard InChI is InChI=1S/C24H25F2NO5/c1-31-21-13-16(5-7-20(21)32-15-17-11-18(25)14-19(26)12-17)6-8-22(28)27-24(23(29)30)9-3-2-4-10-24/h5-8,11-14H,2-4,9-10,15H2,1H3,(H,27,28)(H,29,30). The highest BCUT2D eigenvalue weighted by Gasteiger charge is 2.40. The minimum atomic E-state index is -1.22. The molecule has 1 aliphatic carbocycles. The Kier molecular flexibility index (Phi) is 7.45. The lowest BCUT2D eigenvalue weighted by Crippen LogP contribution is -2.55. The van der Waals surface area contributed by atoms with Gasteiger partial charge in [-0.15, -0.1) is 0 Å². The summed E-state index contributed by atoms with van der Waals surface area (Å²) in [6, 6.07) is 8.09. The van der Waals surface area contributed by atoms with Crippen LogP contribution in [0.4, 0.5) is 8.78 Å². The van der Waals surface area contributed by atoms with Crippen LogP contribution in [0, 0.1) is 11.6 Å². The van der Waals surface area contributed by atoms with Gasteiger partial charge in [-0.2, -0.15) is 0 Å². The van der Waals surface area contributed by atoms with E-state index in [1.54, 1.807) is 24.3 Å². The van der Waals surface area contributed by atoms with E-state index in [2.05, 4.69) is 5.32 Å². The number of ether oxygens (including phenoxy) is 2. The van der Waals surface area contributed by atoms with E-state index in [-0.39, 0.29) is 6.61 Å². The summed E-state index contributed by atoms with van der Waals surface area (Å²) in [5.41, 5.74) is -0.250. The third kappa shape index (κ3) is 5.84. The molecule has 2 aromatic rings. The van der Waals surface area contributed by atoms with Gasteiger partial charge in [-0.1, -0.05) is 25.3 Å². The van der Waals surface area contributed by atoms with E-state index in [0.29, 0.717) is 35.5 Å². The summed E-state index contributed by atoms with van der Waals surface area (Å²) in [6.45, 7) is -0.0557. The van der Waals surface area contributed by atoms with Gasteiger partial charge in [0.15, 0.2) is 11.5 Å². The Morgan fingerprint density at radius 3 is 2.38 bits per heavy atom. The number of hydrogen-bond donors (Lipinski definition) is 2. The molecule has 3 rings (SSSR count). The summed E-state index contributed by atoms with van der Waals surface area (Å²) in [5, 5.41) is 12.2. The Morgan fingerprint density at radius 1 is 1.06 bits per heavy atom. The first kappa shape index (κ1) is 23.2. The lowest BCUT2D eigenvalue weighted by Gasteiger charge is -2.33. The number of amides is 1. The topological polar surface area (TPSA) is 84.9 Å². The summed E-state index contributed by atoms with van der Waals surface area (Å²) >= 11 is 0. The predicted octanol–water partition coefficient (Wildman–Crippen LogP) is 4.47. The number of hydrogen-bond acceptors (Lipinski definition) is 4. The summed E-state index contributed by atoms with van der Waals surface area (Å²) in [7, 11) is 1.45. The lowest BCUT2D eigenvalue weighted by molar-refractivity contribution is -0.148. The number of methoxy groups -OCH3 is 1. The first-order valence-corrected chi connectivity index (χ1v) is 10.3. The van der Waals surface area contributed by atoms with E-state index in [1.165, 1.54) is 25.3 Å². The van der Waals surface area contributed by atoms with Gasteiger partial charge in [0.1, 0.15) is 23.8 Å². The molecular weight excluding hydrogens is 420 g/mol. The van der Waals surface area contributed by atoms with Gasteiger partial charge in [0.05, 0.1) is 7.11 Å². The Bertz CT molecular complexity index is 995. The number of carbonyl (C=O) groups excluding carboxylic acids is 1. The second kappa shape index (κ2) is 10.3. The third-order valence-corrected chi connectivity index (χ3v) is 5.41. The van der Waals surface area contributed by atoms with E-state index >= 15 is 0 Å². The fourth-order valence-electron chi connectivity index (χ4n) is 3.76. The van der Waals surface area contributed by atoms with Gasteiger partial charge in [0.2, 0.25) is 5.91 Å². The summed E-state index contributed by atoms with van der Waals surface area (Å²) in [5.74, 6) is -2.13. The molecule has 1 amide bonds. The smallest absolute Gasteiger partial charge is 0.329 e. The number of carbonyl (C=O) groups is 2. The molecule has 0 atom stereocenters. The molecule has 0 aliphatic heterocycles. The third-order valence-electron chi connectivity index (χ3n) is 5.41. The fraction of sp³-hybridized carbons (Fsp3) is 0.333. The lowest BCUT2D eigenvalue weighted by atomic mass is 9.81. The maximum atomic E-state index is 13.3. The first-order valence-electron chi connectivity index (χ1n) is 10.3. The molecule has 0 spiro atoms. The Labute approximate surface area is 184 Å². The van der Waals surface area contributed by atoms with Crippen LogP contribution < -0.4 is 14.8 Å². The van der Waals surface area contributed by atoms with E-state index < -0.39 is 29.0 Å². The molecule has 0 radical (unpaired) electrons. The SMILES string of the molecule is COc1cc(C=CC(=O)NC2(C(=O)O)CCCCC2)ccc1OCc1cc(F)cc(F)c1. The van der Waals surface area contributed by atoms with Crippen LogP contribution in [-0.2, 0) is 16.2 Å². The van der Waals surface area contributed by atoms with Crippen molar-refractivity contribution in [1.82, 2.24) is 5.32 Å². The molecule has 0 bridgehead atoms. The Morgan fingerprint density at radius 2 is 1.75 bits per heavy atom. The molecule has 0 unspecified atom stereocenters. The van der Waals surface area contributed by atoms with Crippen molar-refractivity contribution in [2.24, 2.45) is 0 Å². The number of carboxylic acids is 1. The predicted molar refractivity (Wildman–Crippen MR) is 114 cm³/mol. The normalized spacial score (nSPS) is 15.3. The number of nitrogens with one attached hydrogen (secondary N) is 1. The fourth-order valence-corrected chi connectivity index (χ4v) is 3.76. The second-order valence-corrected chi connectivity index (χ2v) is 7.75. The van der Waals surface area contributed by atoms with E-state index in [4.69, 9.17) is 9.47 Å². The summed E-state index contributed by atoms with van der Waals surface area (Å²) in [6.07, 6.45) is 6.14. The van der Waals surface area contributed by atoms with Crippen LogP contribution in [-0.4, -0.2) is 29.6 Å². The van der Waals surface area contributed by atoms with Gasteiger partial charge in [-0.3, -0.25) is 4.79 Å². The minimum Gasteiger partial charge on any atom is -0.493 e. The number of benzene rings is 2. The van der Waals surface area contributed by atoms with Crippen molar-refractivity contribution in [2.75, 3.05) is 7.11 Å². The maximum Gasteiger partial charge on any atom is 0.329 e. The molecule has 170 valence electrons. The van der Waals surface area contributed by atoms with Gasteiger partial charge in [0, 0.05) is 12.1 Å². The highest BCUT2D eigenvalue weighted by atomic mass is 19.1. The van der Waals surface area contributed by atoms with Crippen LogP contribution in [0.1, 0.15) is 43.2 Å². The molecule has 2 N–H and O–H groups in total. The first-order chi connectivity index (χ1) is 15.3. The molecule has 0 heterocycles. The van der Waals surface area contributed by atoms with Crippen LogP contribution in [0.5, 0.6) is 11.5 Å².